The van der Waals surface area contributed by atoms with Gasteiger partial charge in [0.1, 0.15) is 0 Å². The summed E-state index contributed by atoms with van der Waals surface area (Å²) in [4.78, 5) is 19.7. The van der Waals surface area contributed by atoms with Crippen LogP contribution < -0.4 is 0 Å². The van der Waals surface area contributed by atoms with Gasteiger partial charge in [0, 0.05) is 24.0 Å². The Morgan fingerprint density at radius 3 is 2.81 bits per heavy atom. The number of carbonyl (C=O) groups is 1. The molecular formula is C18H12F3N3O3. The van der Waals surface area contributed by atoms with Crippen LogP contribution in [-0.2, 0) is 22.3 Å². The maximum atomic E-state index is 12.7. The van der Waals surface area contributed by atoms with Crippen molar-refractivity contribution in [3.8, 4) is 11.4 Å². The van der Waals surface area contributed by atoms with Gasteiger partial charge in [0.2, 0.25) is 5.82 Å². The van der Waals surface area contributed by atoms with Crippen molar-refractivity contribution < 1.29 is 27.2 Å². The Labute approximate surface area is 151 Å². The van der Waals surface area contributed by atoms with Gasteiger partial charge in [-0.15, -0.1) is 0 Å². The highest BCUT2D eigenvalue weighted by Crippen LogP contribution is 2.29. The molecule has 2 heterocycles. The van der Waals surface area contributed by atoms with Crippen LogP contribution in [0.15, 0.2) is 59.4 Å². The molecule has 0 saturated carbocycles. The topological polar surface area (TPSA) is 78.1 Å². The number of alkyl halides is 3. The number of nitrogens with zero attached hydrogens (tertiary/aromatic N) is 3. The minimum Gasteiger partial charge on any atom is -0.452 e. The second-order valence-corrected chi connectivity index (χ2v) is 5.32. The van der Waals surface area contributed by atoms with Crippen molar-refractivity contribution in [1.82, 2.24) is 15.1 Å². The number of benzene rings is 1. The van der Waals surface area contributed by atoms with Crippen molar-refractivity contribution >= 4 is 12.0 Å². The first-order chi connectivity index (χ1) is 12.9. The van der Waals surface area contributed by atoms with Crippen LogP contribution in [0.4, 0.5) is 13.2 Å². The van der Waals surface area contributed by atoms with E-state index in [1.54, 1.807) is 24.5 Å². The summed E-state index contributed by atoms with van der Waals surface area (Å²) in [6.07, 6.45) is 0.954. The summed E-state index contributed by atoms with van der Waals surface area (Å²) in [6, 6.07) is 8.03. The number of carbonyl (C=O) groups excluding carboxylic acids is 1. The minimum atomic E-state index is -4.45. The van der Waals surface area contributed by atoms with E-state index < -0.39 is 17.7 Å². The fraction of sp³-hybridized carbons (Fsp3) is 0.111. The van der Waals surface area contributed by atoms with E-state index in [4.69, 9.17) is 9.26 Å². The number of aromatic nitrogens is 3. The first-order valence-corrected chi connectivity index (χ1v) is 7.67. The van der Waals surface area contributed by atoms with Gasteiger partial charge < -0.3 is 9.26 Å². The Balaban J connectivity index is 1.57. The molecule has 0 aliphatic carbocycles. The van der Waals surface area contributed by atoms with Crippen LogP contribution in [-0.4, -0.2) is 21.1 Å². The lowest BCUT2D eigenvalue weighted by Crippen LogP contribution is -2.04. The second kappa shape index (κ2) is 7.81. The largest absolute Gasteiger partial charge is 0.452 e. The molecule has 27 heavy (non-hydrogen) atoms. The van der Waals surface area contributed by atoms with E-state index in [0.29, 0.717) is 11.4 Å². The lowest BCUT2D eigenvalue weighted by Gasteiger charge is -2.06. The van der Waals surface area contributed by atoms with Crippen molar-refractivity contribution in [2.45, 2.75) is 12.8 Å². The number of hydrogen-bond acceptors (Lipinski definition) is 6. The van der Waals surface area contributed by atoms with Gasteiger partial charge in [-0.1, -0.05) is 17.3 Å². The molecule has 0 unspecified atom stereocenters. The SMILES string of the molecule is O=C(/C=C/c1cccc(C(F)(F)F)c1)OCc1nc(-c2cccnc2)no1. The monoisotopic (exact) mass is 375 g/mol. The molecule has 0 aliphatic heterocycles. The molecule has 9 heteroatoms. The summed E-state index contributed by atoms with van der Waals surface area (Å²) < 4.78 is 47.9. The lowest BCUT2D eigenvalue weighted by atomic mass is 10.1. The molecule has 0 saturated heterocycles. The van der Waals surface area contributed by atoms with Crippen LogP contribution in [0.5, 0.6) is 0 Å². The van der Waals surface area contributed by atoms with Crippen molar-refractivity contribution in [3.63, 3.8) is 0 Å². The van der Waals surface area contributed by atoms with Crippen LogP contribution in [0, 0.1) is 0 Å². The standard InChI is InChI=1S/C18H12F3N3O3/c19-18(20,21)14-5-1-3-12(9-14)6-7-16(25)26-11-15-23-17(24-27-15)13-4-2-8-22-10-13/h1-10H,11H2/b7-6+. The third-order valence-electron chi connectivity index (χ3n) is 3.35. The molecule has 0 N–H and O–H groups in total. The third-order valence-corrected chi connectivity index (χ3v) is 3.35. The molecule has 0 radical (unpaired) electrons. The average molecular weight is 375 g/mol. The van der Waals surface area contributed by atoms with Crippen LogP contribution in [0.2, 0.25) is 0 Å². The van der Waals surface area contributed by atoms with Crippen molar-refractivity contribution in [2.75, 3.05) is 0 Å². The van der Waals surface area contributed by atoms with Gasteiger partial charge >= 0.3 is 12.1 Å². The molecule has 6 nitrogen and oxygen atoms in total. The normalized spacial score (nSPS) is 11.7. The highest BCUT2D eigenvalue weighted by molar-refractivity contribution is 5.87. The van der Waals surface area contributed by atoms with E-state index in [2.05, 4.69) is 15.1 Å². The predicted molar refractivity (Wildman–Crippen MR) is 87.8 cm³/mol. The fourth-order valence-corrected chi connectivity index (χ4v) is 2.09. The fourth-order valence-electron chi connectivity index (χ4n) is 2.09. The Morgan fingerprint density at radius 1 is 1.22 bits per heavy atom. The van der Waals surface area contributed by atoms with Crippen molar-refractivity contribution in [2.24, 2.45) is 0 Å². The molecule has 1 aromatic carbocycles. The van der Waals surface area contributed by atoms with Gasteiger partial charge in [-0.3, -0.25) is 4.98 Å². The first-order valence-electron chi connectivity index (χ1n) is 7.67. The van der Waals surface area contributed by atoms with E-state index in [9.17, 15) is 18.0 Å². The zero-order valence-corrected chi connectivity index (χ0v) is 13.7. The Hall–Kier alpha value is -3.49. The number of halogens is 3. The average Bonchev–Trinajstić information content (AvgIpc) is 3.14. The number of rotatable bonds is 5. The Bertz CT molecular complexity index is 953. The summed E-state index contributed by atoms with van der Waals surface area (Å²) in [5.41, 5.74) is 0.0634. The van der Waals surface area contributed by atoms with E-state index >= 15 is 0 Å². The molecule has 0 atom stereocenters. The first kappa shape index (κ1) is 18.3. The summed E-state index contributed by atoms with van der Waals surface area (Å²) in [7, 11) is 0. The van der Waals surface area contributed by atoms with E-state index in [0.717, 1.165) is 18.2 Å². The quantitative estimate of drug-likeness (QED) is 0.497. The zero-order valence-electron chi connectivity index (χ0n) is 13.7. The summed E-state index contributed by atoms with van der Waals surface area (Å²) in [6.45, 7) is -0.265. The van der Waals surface area contributed by atoms with Crippen LogP contribution in [0.3, 0.4) is 0 Å². The van der Waals surface area contributed by atoms with Crippen LogP contribution in [0.25, 0.3) is 17.5 Å². The minimum absolute atomic E-state index is 0.0784. The Kier molecular flexibility index (Phi) is 5.30. The Morgan fingerprint density at radius 2 is 2.07 bits per heavy atom. The molecule has 0 aliphatic rings. The highest BCUT2D eigenvalue weighted by atomic mass is 19.4. The van der Waals surface area contributed by atoms with E-state index in [-0.39, 0.29) is 18.1 Å². The van der Waals surface area contributed by atoms with E-state index in [1.165, 1.54) is 18.2 Å². The highest BCUT2D eigenvalue weighted by Gasteiger charge is 2.30. The molecule has 2 aromatic heterocycles. The smallest absolute Gasteiger partial charge is 0.416 e. The van der Waals surface area contributed by atoms with Crippen LogP contribution in [0.1, 0.15) is 17.0 Å². The third kappa shape index (κ3) is 5.00. The predicted octanol–water partition coefficient (Wildman–Crippen LogP) is 3.91. The van der Waals surface area contributed by atoms with Gasteiger partial charge in [0.05, 0.1) is 5.56 Å². The summed E-state index contributed by atoms with van der Waals surface area (Å²) in [5.74, 6) is -0.378. The number of ether oxygens (including phenoxy) is 1. The molecule has 0 amide bonds. The molecule has 0 fully saturated rings. The number of pyridine rings is 1. The van der Waals surface area contributed by atoms with Crippen molar-refractivity contribution in [3.05, 3.63) is 71.9 Å². The molecule has 0 spiro atoms. The number of esters is 1. The lowest BCUT2D eigenvalue weighted by molar-refractivity contribution is -0.139. The summed E-state index contributed by atoms with van der Waals surface area (Å²) in [5, 5.41) is 3.75. The second-order valence-electron chi connectivity index (χ2n) is 5.32. The van der Waals surface area contributed by atoms with E-state index in [1.807, 2.05) is 0 Å². The van der Waals surface area contributed by atoms with Gasteiger partial charge in [-0.25, -0.2) is 4.79 Å². The molecule has 138 valence electrons. The molecule has 3 rings (SSSR count). The zero-order chi connectivity index (χ0) is 19.3. The maximum Gasteiger partial charge on any atom is 0.416 e. The van der Waals surface area contributed by atoms with Gasteiger partial charge in [0.15, 0.2) is 6.61 Å². The van der Waals surface area contributed by atoms with Crippen LogP contribution >= 0.6 is 0 Å². The van der Waals surface area contributed by atoms with Crippen molar-refractivity contribution in [1.29, 1.82) is 0 Å². The van der Waals surface area contributed by atoms with Gasteiger partial charge in [0.25, 0.3) is 5.89 Å². The molecule has 0 bridgehead atoms. The molecular weight excluding hydrogens is 363 g/mol. The van der Waals surface area contributed by atoms with Gasteiger partial charge in [-0.2, -0.15) is 18.2 Å². The molecule has 3 aromatic rings. The van der Waals surface area contributed by atoms with Gasteiger partial charge in [-0.05, 0) is 35.9 Å². The summed E-state index contributed by atoms with van der Waals surface area (Å²) >= 11 is 0. The number of hydrogen-bond donors (Lipinski definition) is 0. The maximum absolute atomic E-state index is 12.7.